The number of esters is 1. The van der Waals surface area contributed by atoms with Crippen molar-refractivity contribution < 1.29 is 9.53 Å². The van der Waals surface area contributed by atoms with Crippen LogP contribution in [0.25, 0.3) is 0 Å². The lowest BCUT2D eigenvalue weighted by atomic mass is 9.92. The quantitative estimate of drug-likeness (QED) is 0.567. The smallest absolute Gasteiger partial charge is 0.312 e. The second kappa shape index (κ2) is 5.20. The molecule has 0 spiro atoms. The Morgan fingerprint density at radius 2 is 2.31 bits per heavy atom. The van der Waals surface area contributed by atoms with Crippen molar-refractivity contribution in [2.75, 3.05) is 5.88 Å². The molecule has 1 fully saturated rings. The van der Waals surface area contributed by atoms with Crippen LogP contribution in [-0.2, 0) is 9.53 Å². The van der Waals surface area contributed by atoms with Crippen LogP contribution in [-0.4, -0.2) is 22.8 Å². The summed E-state index contributed by atoms with van der Waals surface area (Å²) < 4.78 is 4.86. The van der Waals surface area contributed by atoms with Gasteiger partial charge in [0.1, 0.15) is 6.10 Å². The minimum absolute atomic E-state index is 0.0435. The van der Waals surface area contributed by atoms with E-state index >= 15 is 0 Å². The van der Waals surface area contributed by atoms with Gasteiger partial charge in [0.25, 0.3) is 0 Å². The van der Waals surface area contributed by atoms with Gasteiger partial charge >= 0.3 is 5.97 Å². The number of halogens is 2. The van der Waals surface area contributed by atoms with Crippen LogP contribution in [0.4, 0.5) is 0 Å². The maximum absolute atomic E-state index is 10.9. The summed E-state index contributed by atoms with van der Waals surface area (Å²) in [7, 11) is 0. The number of cyclic esters (lactones) is 1. The average molecular weight is 270 g/mol. The van der Waals surface area contributed by atoms with Crippen molar-refractivity contribution in [3.05, 3.63) is 0 Å². The number of hydrogen-bond donors (Lipinski definition) is 0. The van der Waals surface area contributed by atoms with E-state index in [1.165, 1.54) is 0 Å². The van der Waals surface area contributed by atoms with E-state index in [-0.39, 0.29) is 18.0 Å². The molecule has 1 aliphatic heterocycles. The molecule has 1 rings (SSSR count). The fraction of sp³-hybridized carbons (Fsp3) is 0.889. The third-order valence-electron chi connectivity index (χ3n) is 2.38. The summed E-state index contributed by atoms with van der Waals surface area (Å²) in [6.07, 6.45) is 2.98. The van der Waals surface area contributed by atoms with Crippen LogP contribution < -0.4 is 0 Å². The van der Waals surface area contributed by atoms with Crippen molar-refractivity contribution in [2.45, 2.75) is 37.1 Å². The van der Waals surface area contributed by atoms with E-state index < -0.39 is 0 Å². The third kappa shape index (κ3) is 3.13. The number of alkyl halides is 2. The Hall–Kier alpha value is 0.240. The van der Waals surface area contributed by atoms with E-state index in [9.17, 15) is 4.79 Å². The Labute approximate surface area is 92.1 Å². The molecule has 0 aromatic heterocycles. The molecular weight excluding hydrogens is 255 g/mol. The molecule has 0 saturated carbocycles. The Morgan fingerprint density at radius 1 is 1.62 bits per heavy atom. The molecule has 0 aromatic carbocycles. The van der Waals surface area contributed by atoms with Gasteiger partial charge < -0.3 is 4.74 Å². The summed E-state index contributed by atoms with van der Waals surface area (Å²) >= 11 is 9.12. The number of ether oxygens (including phenoxy) is 1. The Morgan fingerprint density at radius 3 is 2.77 bits per heavy atom. The molecule has 0 aromatic rings. The van der Waals surface area contributed by atoms with E-state index in [1.807, 2.05) is 6.92 Å². The van der Waals surface area contributed by atoms with E-state index in [2.05, 4.69) is 15.9 Å². The summed E-state index contributed by atoms with van der Waals surface area (Å²) in [4.78, 5) is 11.4. The first-order valence-corrected chi connectivity index (χ1v) is 6.00. The molecule has 2 nitrogen and oxygen atoms in total. The second-order valence-electron chi connectivity index (χ2n) is 3.40. The molecule has 1 saturated heterocycles. The maximum atomic E-state index is 10.9. The normalized spacial score (nSPS) is 29.3. The van der Waals surface area contributed by atoms with Crippen molar-refractivity contribution in [3.63, 3.8) is 0 Å². The highest BCUT2D eigenvalue weighted by molar-refractivity contribution is 9.09. The van der Waals surface area contributed by atoms with Crippen LogP contribution >= 0.6 is 27.5 Å². The predicted molar refractivity (Wildman–Crippen MR) is 56.3 cm³/mol. The van der Waals surface area contributed by atoms with E-state index in [4.69, 9.17) is 16.3 Å². The van der Waals surface area contributed by atoms with Gasteiger partial charge in [-0.25, -0.2) is 0 Å². The first-order chi connectivity index (χ1) is 6.15. The fourth-order valence-electron chi connectivity index (χ4n) is 1.45. The molecular formula is C9H14BrClO2. The Balaban J connectivity index is 2.14. The van der Waals surface area contributed by atoms with E-state index in [0.29, 0.717) is 10.7 Å². The zero-order valence-corrected chi connectivity index (χ0v) is 9.97. The summed E-state index contributed by atoms with van der Waals surface area (Å²) in [6, 6.07) is 0. The lowest BCUT2D eigenvalue weighted by Gasteiger charge is -2.32. The molecule has 0 bridgehead atoms. The van der Waals surface area contributed by atoms with Gasteiger partial charge in [0.05, 0.1) is 5.92 Å². The molecule has 13 heavy (non-hydrogen) atoms. The lowest BCUT2D eigenvalue weighted by Crippen LogP contribution is -2.43. The first kappa shape index (κ1) is 11.3. The molecule has 0 aliphatic carbocycles. The SMILES string of the molecule is CC1OC(=O)C1CCC(Br)CCCl. The number of carbonyl (C=O) groups is 1. The van der Waals surface area contributed by atoms with Crippen LogP contribution in [0.2, 0.25) is 0 Å². The van der Waals surface area contributed by atoms with Crippen molar-refractivity contribution in [1.82, 2.24) is 0 Å². The minimum atomic E-state index is -0.0435. The van der Waals surface area contributed by atoms with Crippen LogP contribution in [0.15, 0.2) is 0 Å². The topological polar surface area (TPSA) is 26.3 Å². The van der Waals surface area contributed by atoms with Crippen LogP contribution in [0.1, 0.15) is 26.2 Å². The number of rotatable bonds is 5. The standard InChI is InChI=1S/C9H14BrClO2/c1-6-8(9(12)13-6)3-2-7(10)4-5-11/h6-8H,2-5H2,1H3. The molecule has 1 aliphatic rings. The molecule has 0 amide bonds. The maximum Gasteiger partial charge on any atom is 0.312 e. The van der Waals surface area contributed by atoms with E-state index in [0.717, 1.165) is 19.3 Å². The summed E-state index contributed by atoms with van der Waals surface area (Å²) in [5.41, 5.74) is 0. The predicted octanol–water partition coefficient (Wildman–Crippen LogP) is 2.72. The average Bonchev–Trinajstić information content (AvgIpc) is 2.04. The first-order valence-electron chi connectivity index (χ1n) is 4.55. The van der Waals surface area contributed by atoms with Gasteiger partial charge in [-0.3, -0.25) is 4.79 Å². The zero-order valence-electron chi connectivity index (χ0n) is 7.63. The largest absolute Gasteiger partial charge is 0.461 e. The van der Waals surface area contributed by atoms with E-state index in [1.54, 1.807) is 0 Å². The highest BCUT2D eigenvalue weighted by Gasteiger charge is 2.38. The molecule has 4 heteroatoms. The van der Waals surface area contributed by atoms with Gasteiger partial charge in [-0.2, -0.15) is 0 Å². The molecule has 76 valence electrons. The van der Waals surface area contributed by atoms with Crippen LogP contribution in [0.3, 0.4) is 0 Å². The van der Waals surface area contributed by atoms with Gasteiger partial charge in [-0.1, -0.05) is 15.9 Å². The van der Waals surface area contributed by atoms with Gasteiger partial charge in [0.2, 0.25) is 0 Å². The third-order valence-corrected chi connectivity index (χ3v) is 3.52. The molecule has 0 N–H and O–H groups in total. The summed E-state index contributed by atoms with van der Waals surface area (Å²) in [5, 5.41) is 0. The second-order valence-corrected chi connectivity index (χ2v) is 5.07. The van der Waals surface area contributed by atoms with Crippen molar-refractivity contribution >= 4 is 33.5 Å². The van der Waals surface area contributed by atoms with Gasteiger partial charge in [0, 0.05) is 10.7 Å². The zero-order chi connectivity index (χ0) is 9.84. The molecule has 1 heterocycles. The highest BCUT2D eigenvalue weighted by atomic mass is 79.9. The highest BCUT2D eigenvalue weighted by Crippen LogP contribution is 2.28. The number of carbonyl (C=O) groups excluding carboxylic acids is 1. The number of hydrogen-bond acceptors (Lipinski definition) is 2. The lowest BCUT2D eigenvalue weighted by molar-refractivity contribution is -0.182. The Kier molecular flexibility index (Phi) is 4.53. The molecule has 3 atom stereocenters. The van der Waals surface area contributed by atoms with Gasteiger partial charge in [-0.05, 0) is 26.2 Å². The van der Waals surface area contributed by atoms with Crippen LogP contribution in [0, 0.1) is 5.92 Å². The molecule has 0 radical (unpaired) electrons. The monoisotopic (exact) mass is 268 g/mol. The van der Waals surface area contributed by atoms with Crippen LogP contribution in [0.5, 0.6) is 0 Å². The molecule has 3 unspecified atom stereocenters. The fourth-order valence-corrected chi connectivity index (χ4v) is 2.47. The Bertz CT molecular complexity index is 186. The van der Waals surface area contributed by atoms with Crippen molar-refractivity contribution in [3.8, 4) is 0 Å². The summed E-state index contributed by atoms with van der Waals surface area (Å²) in [6.45, 7) is 1.94. The van der Waals surface area contributed by atoms with Crippen molar-refractivity contribution in [1.29, 1.82) is 0 Å². The van der Waals surface area contributed by atoms with Crippen molar-refractivity contribution in [2.24, 2.45) is 5.92 Å². The summed E-state index contributed by atoms with van der Waals surface area (Å²) in [5.74, 6) is 0.745. The van der Waals surface area contributed by atoms with Gasteiger partial charge in [0.15, 0.2) is 0 Å². The van der Waals surface area contributed by atoms with Gasteiger partial charge in [-0.15, -0.1) is 11.6 Å². The minimum Gasteiger partial charge on any atom is -0.461 e.